The number of aliphatic hydroxyl groups is 1. The number of benzene rings is 2. The molecule has 0 saturated carbocycles. The van der Waals surface area contributed by atoms with Gasteiger partial charge in [-0.3, -0.25) is 9.69 Å². The molecule has 2 atom stereocenters. The summed E-state index contributed by atoms with van der Waals surface area (Å²) in [5.41, 5.74) is 9.05. The number of rotatable bonds is 10. The number of aryl methyl sites for hydroxylation is 1. The average Bonchev–Trinajstić information content (AvgIpc) is 2.71. The summed E-state index contributed by atoms with van der Waals surface area (Å²) in [5, 5.41) is 10.6. The molecule has 1 aliphatic rings. The van der Waals surface area contributed by atoms with E-state index in [9.17, 15) is 9.90 Å². The van der Waals surface area contributed by atoms with E-state index in [2.05, 4.69) is 23.1 Å². The number of aliphatic hydroxyl groups excluding tert-OH is 1. The molecule has 0 aromatic heterocycles. The van der Waals surface area contributed by atoms with Crippen molar-refractivity contribution < 1.29 is 14.6 Å². The number of ether oxygens (including phenoxy) is 1. The first kappa shape index (κ1) is 20.5. The van der Waals surface area contributed by atoms with Crippen LogP contribution in [-0.2, 0) is 22.5 Å². The van der Waals surface area contributed by atoms with Gasteiger partial charge in [-0.15, -0.1) is 0 Å². The van der Waals surface area contributed by atoms with E-state index in [-0.39, 0.29) is 25.0 Å². The third-order valence-electron chi connectivity index (χ3n) is 5.20. The number of nitrogens with two attached hydrogens (primary N) is 1. The van der Waals surface area contributed by atoms with E-state index in [4.69, 9.17) is 10.5 Å². The maximum Gasteiger partial charge on any atom is 0.218 e. The van der Waals surface area contributed by atoms with Crippen molar-refractivity contribution in [3.8, 4) is 0 Å². The van der Waals surface area contributed by atoms with Crippen LogP contribution in [0.5, 0.6) is 0 Å². The lowest BCUT2D eigenvalue weighted by atomic mass is 9.89. The number of hydrogen-bond donors (Lipinski definition) is 2. The van der Waals surface area contributed by atoms with Crippen LogP contribution in [0, 0.1) is 0 Å². The normalized spacial score (nSPS) is 17.3. The van der Waals surface area contributed by atoms with Crippen LogP contribution in [0.3, 0.4) is 0 Å². The number of fused-ring (bicyclic) bond motifs is 1. The van der Waals surface area contributed by atoms with Gasteiger partial charge in [0.2, 0.25) is 5.91 Å². The quantitative estimate of drug-likeness (QED) is 0.663. The van der Waals surface area contributed by atoms with Crippen molar-refractivity contribution >= 4 is 5.91 Å². The maximum atomic E-state index is 11.2. The first-order valence-corrected chi connectivity index (χ1v) is 10.0. The Morgan fingerprint density at radius 1 is 1.18 bits per heavy atom. The SMILES string of the molecule is NC(=O)CCN(Cc1ccccc1)C[C@@H](O)CO[C@H]1CCCc2ccccc21. The summed E-state index contributed by atoms with van der Waals surface area (Å²) in [7, 11) is 0. The lowest BCUT2D eigenvalue weighted by Crippen LogP contribution is -2.37. The van der Waals surface area contributed by atoms with Crippen LogP contribution < -0.4 is 5.73 Å². The maximum absolute atomic E-state index is 11.2. The van der Waals surface area contributed by atoms with Crippen molar-refractivity contribution in [3.05, 3.63) is 71.3 Å². The number of primary amides is 1. The monoisotopic (exact) mass is 382 g/mol. The first-order chi connectivity index (χ1) is 13.6. The molecular weight excluding hydrogens is 352 g/mol. The fourth-order valence-corrected chi connectivity index (χ4v) is 3.81. The number of nitrogens with zero attached hydrogens (tertiary/aromatic N) is 1. The van der Waals surface area contributed by atoms with Gasteiger partial charge in [0.25, 0.3) is 0 Å². The van der Waals surface area contributed by atoms with E-state index < -0.39 is 6.10 Å². The van der Waals surface area contributed by atoms with Gasteiger partial charge in [0, 0.05) is 26.1 Å². The van der Waals surface area contributed by atoms with Gasteiger partial charge in [-0.1, -0.05) is 54.6 Å². The molecule has 0 fully saturated rings. The fourth-order valence-electron chi connectivity index (χ4n) is 3.81. The largest absolute Gasteiger partial charge is 0.389 e. The Balaban J connectivity index is 1.54. The smallest absolute Gasteiger partial charge is 0.218 e. The predicted molar refractivity (Wildman–Crippen MR) is 110 cm³/mol. The molecule has 5 nitrogen and oxygen atoms in total. The molecule has 0 spiro atoms. The van der Waals surface area contributed by atoms with Crippen molar-refractivity contribution in [2.45, 2.75) is 44.4 Å². The minimum absolute atomic E-state index is 0.0489. The second-order valence-electron chi connectivity index (χ2n) is 7.50. The lowest BCUT2D eigenvalue weighted by molar-refractivity contribution is -0.118. The Morgan fingerprint density at radius 3 is 2.71 bits per heavy atom. The van der Waals surface area contributed by atoms with E-state index in [0.29, 0.717) is 19.6 Å². The molecule has 0 bridgehead atoms. The highest BCUT2D eigenvalue weighted by molar-refractivity contribution is 5.73. The Kier molecular flexibility index (Phi) is 7.60. The topological polar surface area (TPSA) is 75.8 Å². The van der Waals surface area contributed by atoms with Crippen LogP contribution in [0.25, 0.3) is 0 Å². The van der Waals surface area contributed by atoms with Crippen LogP contribution >= 0.6 is 0 Å². The highest BCUT2D eigenvalue weighted by atomic mass is 16.5. The van der Waals surface area contributed by atoms with Crippen LogP contribution in [0.4, 0.5) is 0 Å². The summed E-state index contributed by atoms with van der Waals surface area (Å²) in [4.78, 5) is 13.3. The predicted octanol–water partition coefficient (Wildman–Crippen LogP) is 2.82. The highest BCUT2D eigenvalue weighted by Gasteiger charge is 2.22. The van der Waals surface area contributed by atoms with Crippen molar-refractivity contribution in [3.63, 3.8) is 0 Å². The molecule has 0 aliphatic heterocycles. The molecule has 3 rings (SSSR count). The van der Waals surface area contributed by atoms with Gasteiger partial charge in [0.1, 0.15) is 0 Å². The van der Waals surface area contributed by atoms with E-state index in [1.807, 2.05) is 36.4 Å². The minimum atomic E-state index is -0.620. The van der Waals surface area contributed by atoms with Gasteiger partial charge in [-0.2, -0.15) is 0 Å². The minimum Gasteiger partial charge on any atom is -0.389 e. The molecule has 1 aliphatic carbocycles. The zero-order chi connectivity index (χ0) is 19.8. The molecule has 5 heteroatoms. The zero-order valence-electron chi connectivity index (χ0n) is 16.3. The molecular formula is C23H30N2O3. The van der Waals surface area contributed by atoms with Crippen LogP contribution in [0.2, 0.25) is 0 Å². The van der Waals surface area contributed by atoms with Crippen molar-refractivity contribution in [2.24, 2.45) is 5.73 Å². The van der Waals surface area contributed by atoms with Gasteiger partial charge in [-0.05, 0) is 36.0 Å². The Morgan fingerprint density at radius 2 is 1.93 bits per heavy atom. The summed E-state index contributed by atoms with van der Waals surface area (Å²) in [6.07, 6.45) is 2.89. The molecule has 0 radical (unpaired) electrons. The number of carbonyl (C=O) groups is 1. The van der Waals surface area contributed by atoms with Crippen LogP contribution in [0.15, 0.2) is 54.6 Å². The van der Waals surface area contributed by atoms with E-state index in [1.54, 1.807) is 0 Å². The summed E-state index contributed by atoms with van der Waals surface area (Å²) < 4.78 is 6.08. The average molecular weight is 383 g/mol. The third-order valence-corrected chi connectivity index (χ3v) is 5.20. The van der Waals surface area contributed by atoms with E-state index in [1.165, 1.54) is 11.1 Å². The molecule has 0 saturated heterocycles. The van der Waals surface area contributed by atoms with Gasteiger partial charge in [-0.25, -0.2) is 0 Å². The van der Waals surface area contributed by atoms with Gasteiger partial charge in [0.15, 0.2) is 0 Å². The van der Waals surface area contributed by atoms with Gasteiger partial charge >= 0.3 is 0 Å². The summed E-state index contributed by atoms with van der Waals surface area (Å²) in [6, 6.07) is 18.4. The van der Waals surface area contributed by atoms with Crippen LogP contribution in [-0.4, -0.2) is 41.7 Å². The van der Waals surface area contributed by atoms with Crippen molar-refractivity contribution in [2.75, 3.05) is 19.7 Å². The second kappa shape index (κ2) is 10.4. The van der Waals surface area contributed by atoms with Gasteiger partial charge in [0.05, 0.1) is 18.8 Å². The number of hydrogen-bond acceptors (Lipinski definition) is 4. The van der Waals surface area contributed by atoms with E-state index in [0.717, 1.165) is 24.8 Å². The zero-order valence-corrected chi connectivity index (χ0v) is 16.3. The van der Waals surface area contributed by atoms with Gasteiger partial charge < -0.3 is 15.6 Å². The Bertz CT molecular complexity index is 751. The molecule has 2 aromatic rings. The fraction of sp³-hybridized carbons (Fsp3) is 0.435. The Hall–Kier alpha value is -2.21. The highest BCUT2D eigenvalue weighted by Crippen LogP contribution is 2.32. The molecule has 28 heavy (non-hydrogen) atoms. The van der Waals surface area contributed by atoms with E-state index >= 15 is 0 Å². The molecule has 0 heterocycles. The van der Waals surface area contributed by atoms with Crippen molar-refractivity contribution in [1.29, 1.82) is 0 Å². The molecule has 1 amide bonds. The summed E-state index contributed by atoms with van der Waals surface area (Å²) in [6.45, 7) is 1.91. The first-order valence-electron chi connectivity index (χ1n) is 10.0. The molecule has 150 valence electrons. The molecule has 2 aromatic carbocycles. The standard InChI is InChI=1S/C23H30N2O3/c24-23(27)13-14-25(15-18-7-2-1-3-8-18)16-20(26)17-28-22-12-6-10-19-9-4-5-11-21(19)22/h1-5,7-9,11,20,22,26H,6,10,12-17H2,(H2,24,27)/t20-,22+/m1/s1. The third kappa shape index (κ3) is 6.16. The van der Waals surface area contributed by atoms with Crippen molar-refractivity contribution in [1.82, 2.24) is 4.90 Å². The Labute approximate surface area is 167 Å². The summed E-state index contributed by atoms with van der Waals surface area (Å²) in [5.74, 6) is -0.331. The van der Waals surface area contributed by atoms with Crippen LogP contribution in [0.1, 0.15) is 42.1 Å². The number of amides is 1. The molecule has 3 N–H and O–H groups in total. The molecule has 0 unspecified atom stereocenters. The number of carbonyl (C=O) groups excluding carboxylic acids is 1. The lowest BCUT2D eigenvalue weighted by Gasteiger charge is -2.28. The summed E-state index contributed by atoms with van der Waals surface area (Å²) >= 11 is 0. The second-order valence-corrected chi connectivity index (χ2v) is 7.50.